The fourth-order valence-corrected chi connectivity index (χ4v) is 3.76. The van der Waals surface area contributed by atoms with Gasteiger partial charge in [-0.2, -0.15) is 11.8 Å². The highest BCUT2D eigenvalue weighted by Crippen LogP contribution is 2.29. The molecule has 1 fully saturated rings. The van der Waals surface area contributed by atoms with Crippen LogP contribution in [0.25, 0.3) is 0 Å². The lowest BCUT2D eigenvalue weighted by atomic mass is 10.2. The molecular weight excluding hydrogens is 282 g/mol. The number of pyridine rings is 1. The van der Waals surface area contributed by atoms with Crippen LogP contribution in [-0.4, -0.2) is 34.5 Å². The third-order valence-corrected chi connectivity index (χ3v) is 4.93. The molecule has 1 aliphatic carbocycles. The van der Waals surface area contributed by atoms with Crippen LogP contribution >= 0.6 is 11.8 Å². The SMILES string of the molecule is CCCNc1ccc(C(=O)NC2CCC(SCC)C2)nc1. The van der Waals surface area contributed by atoms with E-state index in [0.717, 1.165) is 37.2 Å². The van der Waals surface area contributed by atoms with Crippen molar-refractivity contribution in [3.05, 3.63) is 24.0 Å². The second-order valence-electron chi connectivity index (χ2n) is 5.42. The average Bonchev–Trinajstić information content (AvgIpc) is 2.93. The second kappa shape index (κ2) is 8.27. The van der Waals surface area contributed by atoms with Gasteiger partial charge in [0.15, 0.2) is 0 Å². The van der Waals surface area contributed by atoms with E-state index in [4.69, 9.17) is 0 Å². The van der Waals surface area contributed by atoms with Gasteiger partial charge in [0.1, 0.15) is 5.69 Å². The molecule has 21 heavy (non-hydrogen) atoms. The van der Waals surface area contributed by atoms with Gasteiger partial charge in [-0.1, -0.05) is 13.8 Å². The topological polar surface area (TPSA) is 54.0 Å². The fourth-order valence-electron chi connectivity index (χ4n) is 2.62. The normalized spacial score (nSPS) is 21.2. The van der Waals surface area contributed by atoms with E-state index in [1.165, 1.54) is 6.42 Å². The summed E-state index contributed by atoms with van der Waals surface area (Å²) < 4.78 is 0. The summed E-state index contributed by atoms with van der Waals surface area (Å²) in [4.78, 5) is 16.4. The number of rotatable bonds is 7. The zero-order chi connectivity index (χ0) is 15.1. The highest BCUT2D eigenvalue weighted by atomic mass is 32.2. The summed E-state index contributed by atoms with van der Waals surface area (Å²) >= 11 is 2.00. The van der Waals surface area contributed by atoms with Crippen LogP contribution in [0.2, 0.25) is 0 Å². The Hall–Kier alpha value is -1.23. The largest absolute Gasteiger partial charge is 0.384 e. The number of nitrogens with one attached hydrogen (secondary N) is 2. The van der Waals surface area contributed by atoms with Crippen molar-refractivity contribution in [3.63, 3.8) is 0 Å². The van der Waals surface area contributed by atoms with Crippen molar-refractivity contribution in [1.82, 2.24) is 10.3 Å². The Labute approximate surface area is 131 Å². The van der Waals surface area contributed by atoms with Gasteiger partial charge in [-0.25, -0.2) is 4.98 Å². The lowest BCUT2D eigenvalue weighted by Crippen LogP contribution is -2.33. The number of amides is 1. The van der Waals surface area contributed by atoms with E-state index in [0.29, 0.717) is 17.0 Å². The highest BCUT2D eigenvalue weighted by Gasteiger charge is 2.26. The molecule has 1 aromatic heterocycles. The molecule has 0 aromatic carbocycles. The Balaban J connectivity index is 1.83. The van der Waals surface area contributed by atoms with Crippen LogP contribution in [0.1, 0.15) is 50.0 Å². The van der Waals surface area contributed by atoms with Crippen LogP contribution in [0.5, 0.6) is 0 Å². The lowest BCUT2D eigenvalue weighted by molar-refractivity contribution is 0.0933. The van der Waals surface area contributed by atoms with Gasteiger partial charge in [0.25, 0.3) is 5.91 Å². The molecule has 0 aliphatic heterocycles. The molecule has 2 unspecified atom stereocenters. The maximum Gasteiger partial charge on any atom is 0.270 e. The van der Waals surface area contributed by atoms with Crippen LogP contribution in [0.15, 0.2) is 18.3 Å². The monoisotopic (exact) mass is 307 g/mol. The van der Waals surface area contributed by atoms with Gasteiger partial charge in [0, 0.05) is 17.8 Å². The summed E-state index contributed by atoms with van der Waals surface area (Å²) in [5, 5.41) is 7.07. The molecule has 0 spiro atoms. The molecular formula is C16H25N3OS. The first-order valence-corrected chi connectivity index (χ1v) is 8.90. The quantitative estimate of drug-likeness (QED) is 0.811. The molecule has 2 rings (SSSR count). The fraction of sp³-hybridized carbons (Fsp3) is 0.625. The molecule has 0 saturated heterocycles. The molecule has 0 bridgehead atoms. The van der Waals surface area contributed by atoms with Crippen LogP contribution in [0.4, 0.5) is 5.69 Å². The average molecular weight is 307 g/mol. The minimum absolute atomic E-state index is 0.0517. The molecule has 116 valence electrons. The Kier molecular flexibility index (Phi) is 6.36. The number of carbonyl (C=O) groups excluding carboxylic acids is 1. The zero-order valence-electron chi connectivity index (χ0n) is 12.9. The minimum Gasteiger partial charge on any atom is -0.384 e. The van der Waals surface area contributed by atoms with Gasteiger partial charge in [-0.15, -0.1) is 0 Å². The van der Waals surface area contributed by atoms with Gasteiger partial charge in [0.2, 0.25) is 0 Å². The Bertz CT molecular complexity index is 449. The van der Waals surface area contributed by atoms with Crippen LogP contribution < -0.4 is 10.6 Å². The van der Waals surface area contributed by atoms with E-state index >= 15 is 0 Å². The predicted octanol–water partition coefficient (Wildman–Crippen LogP) is 3.31. The maximum absolute atomic E-state index is 12.2. The molecule has 1 amide bonds. The van der Waals surface area contributed by atoms with E-state index < -0.39 is 0 Å². The van der Waals surface area contributed by atoms with Crippen molar-refractivity contribution in [2.45, 2.75) is 50.8 Å². The Morgan fingerprint density at radius 1 is 1.38 bits per heavy atom. The minimum atomic E-state index is -0.0517. The van der Waals surface area contributed by atoms with E-state index in [2.05, 4.69) is 29.5 Å². The van der Waals surface area contributed by atoms with Crippen LogP contribution in [-0.2, 0) is 0 Å². The number of carbonyl (C=O) groups is 1. The molecule has 1 heterocycles. The molecule has 2 atom stereocenters. The number of aromatic nitrogens is 1. The number of nitrogens with zero attached hydrogens (tertiary/aromatic N) is 1. The molecule has 4 nitrogen and oxygen atoms in total. The van der Waals surface area contributed by atoms with Crippen LogP contribution in [0, 0.1) is 0 Å². The smallest absolute Gasteiger partial charge is 0.270 e. The summed E-state index contributed by atoms with van der Waals surface area (Å²) in [6, 6.07) is 4.02. The van der Waals surface area contributed by atoms with Crippen LogP contribution in [0.3, 0.4) is 0 Å². The van der Waals surface area contributed by atoms with E-state index in [1.807, 2.05) is 17.8 Å². The third-order valence-electron chi connectivity index (χ3n) is 3.70. The number of hydrogen-bond acceptors (Lipinski definition) is 4. The van der Waals surface area contributed by atoms with Crippen molar-refractivity contribution < 1.29 is 4.79 Å². The van der Waals surface area contributed by atoms with E-state index in [1.54, 1.807) is 12.3 Å². The van der Waals surface area contributed by atoms with Crippen molar-refractivity contribution in [1.29, 1.82) is 0 Å². The van der Waals surface area contributed by atoms with Gasteiger partial charge < -0.3 is 10.6 Å². The third kappa shape index (κ3) is 4.92. The second-order valence-corrected chi connectivity index (χ2v) is 7.00. The lowest BCUT2D eigenvalue weighted by Gasteiger charge is -2.13. The zero-order valence-corrected chi connectivity index (χ0v) is 13.7. The molecule has 1 saturated carbocycles. The molecule has 1 aromatic rings. The van der Waals surface area contributed by atoms with Crippen molar-refractivity contribution >= 4 is 23.4 Å². The first-order valence-electron chi connectivity index (χ1n) is 7.85. The number of thioether (sulfide) groups is 1. The molecule has 0 radical (unpaired) electrons. The summed E-state index contributed by atoms with van der Waals surface area (Å²) in [6.45, 7) is 5.23. The standard InChI is InChI=1S/C16H25N3OS/c1-3-9-17-13-6-8-15(18-11-13)16(20)19-12-5-7-14(10-12)21-4-2/h6,8,11-12,14,17H,3-5,7,9-10H2,1-2H3,(H,19,20). The highest BCUT2D eigenvalue weighted by molar-refractivity contribution is 7.99. The first-order chi connectivity index (χ1) is 10.2. The number of anilines is 1. The summed E-state index contributed by atoms with van der Waals surface area (Å²) in [6.07, 6.45) is 6.17. The predicted molar refractivity (Wildman–Crippen MR) is 90.0 cm³/mol. The molecule has 1 aliphatic rings. The maximum atomic E-state index is 12.2. The van der Waals surface area contributed by atoms with Gasteiger partial charge in [-0.3, -0.25) is 4.79 Å². The Morgan fingerprint density at radius 3 is 2.90 bits per heavy atom. The van der Waals surface area contributed by atoms with Crippen molar-refractivity contribution in [2.75, 3.05) is 17.6 Å². The number of hydrogen-bond donors (Lipinski definition) is 2. The molecule has 5 heteroatoms. The van der Waals surface area contributed by atoms with Crippen molar-refractivity contribution in [3.8, 4) is 0 Å². The van der Waals surface area contributed by atoms with Gasteiger partial charge in [-0.05, 0) is 43.6 Å². The summed E-state index contributed by atoms with van der Waals surface area (Å²) in [5.41, 5.74) is 1.47. The van der Waals surface area contributed by atoms with E-state index in [-0.39, 0.29) is 5.91 Å². The van der Waals surface area contributed by atoms with Gasteiger partial charge >= 0.3 is 0 Å². The summed E-state index contributed by atoms with van der Waals surface area (Å²) in [7, 11) is 0. The van der Waals surface area contributed by atoms with E-state index in [9.17, 15) is 4.79 Å². The molecule has 2 N–H and O–H groups in total. The first kappa shape index (κ1) is 16.1. The summed E-state index contributed by atoms with van der Waals surface area (Å²) in [5.74, 6) is 1.10. The Morgan fingerprint density at radius 2 is 2.24 bits per heavy atom. The van der Waals surface area contributed by atoms with Crippen molar-refractivity contribution in [2.24, 2.45) is 0 Å². The van der Waals surface area contributed by atoms with Gasteiger partial charge in [0.05, 0.1) is 11.9 Å².